The van der Waals surface area contributed by atoms with Crippen molar-refractivity contribution in [3.8, 4) is 0 Å². The smallest absolute Gasteiger partial charge is 0.267 e. The standard InChI is InChI=1S/C18H22N2O3S2/c1-2-14-7-6-8-15(13-14)19-18(21)17-16(9-12-24-17)25(22,23)20-10-4-3-5-11-20/h6-9,12-13H,2-5,10-11H2,1H3,(H,19,21). The monoisotopic (exact) mass is 378 g/mol. The molecule has 25 heavy (non-hydrogen) atoms. The molecule has 1 aromatic heterocycles. The lowest BCUT2D eigenvalue weighted by Gasteiger charge is -2.25. The molecule has 1 aliphatic rings. The number of amides is 1. The first-order valence-corrected chi connectivity index (χ1v) is 10.8. The van der Waals surface area contributed by atoms with Gasteiger partial charge >= 0.3 is 0 Å². The van der Waals surface area contributed by atoms with Crippen molar-refractivity contribution in [1.29, 1.82) is 0 Å². The molecule has 0 spiro atoms. The number of sulfonamides is 1. The molecule has 0 radical (unpaired) electrons. The second-order valence-corrected chi connectivity index (χ2v) is 8.91. The number of rotatable bonds is 5. The molecule has 0 aliphatic carbocycles. The summed E-state index contributed by atoms with van der Waals surface area (Å²) in [5, 5.41) is 4.48. The SMILES string of the molecule is CCc1cccc(NC(=O)c2sccc2S(=O)(=O)N2CCCCC2)c1. The van der Waals surface area contributed by atoms with Crippen LogP contribution in [0, 0.1) is 0 Å². The van der Waals surface area contributed by atoms with Crippen molar-refractivity contribution in [3.63, 3.8) is 0 Å². The predicted molar refractivity (Wildman–Crippen MR) is 101 cm³/mol. The number of carbonyl (C=O) groups is 1. The van der Waals surface area contributed by atoms with Crippen molar-refractivity contribution in [2.75, 3.05) is 18.4 Å². The first-order valence-electron chi connectivity index (χ1n) is 8.50. The van der Waals surface area contributed by atoms with E-state index in [9.17, 15) is 13.2 Å². The number of hydrogen-bond acceptors (Lipinski definition) is 4. The first kappa shape index (κ1) is 18.1. The molecular weight excluding hydrogens is 356 g/mol. The zero-order valence-corrected chi connectivity index (χ0v) is 15.8. The fraction of sp³-hybridized carbons (Fsp3) is 0.389. The highest BCUT2D eigenvalue weighted by Crippen LogP contribution is 2.28. The highest BCUT2D eigenvalue weighted by Gasteiger charge is 2.31. The number of hydrogen-bond donors (Lipinski definition) is 1. The van der Waals surface area contributed by atoms with E-state index >= 15 is 0 Å². The van der Waals surface area contributed by atoms with Crippen molar-refractivity contribution in [1.82, 2.24) is 4.31 Å². The quantitative estimate of drug-likeness (QED) is 0.862. The van der Waals surface area contributed by atoms with Crippen LogP contribution in [0.3, 0.4) is 0 Å². The Bertz CT molecular complexity index is 853. The average molecular weight is 379 g/mol. The van der Waals surface area contributed by atoms with E-state index in [0.717, 1.165) is 42.6 Å². The van der Waals surface area contributed by atoms with E-state index < -0.39 is 10.0 Å². The molecule has 1 aliphatic heterocycles. The van der Waals surface area contributed by atoms with Gasteiger partial charge in [0.2, 0.25) is 10.0 Å². The van der Waals surface area contributed by atoms with Gasteiger partial charge in [-0.25, -0.2) is 8.42 Å². The second kappa shape index (κ2) is 7.68. The van der Waals surface area contributed by atoms with Crippen LogP contribution in [0.25, 0.3) is 0 Å². The van der Waals surface area contributed by atoms with Crippen LogP contribution < -0.4 is 5.32 Å². The number of anilines is 1. The van der Waals surface area contributed by atoms with Crippen molar-refractivity contribution in [2.24, 2.45) is 0 Å². The van der Waals surface area contributed by atoms with Gasteiger partial charge in [0.1, 0.15) is 9.77 Å². The van der Waals surface area contributed by atoms with E-state index in [-0.39, 0.29) is 15.7 Å². The van der Waals surface area contributed by atoms with Crippen LogP contribution in [0.15, 0.2) is 40.6 Å². The molecule has 0 saturated carbocycles. The molecule has 0 atom stereocenters. The number of benzene rings is 1. The van der Waals surface area contributed by atoms with Crippen LogP contribution in [-0.4, -0.2) is 31.7 Å². The van der Waals surface area contributed by atoms with Gasteiger partial charge in [-0.2, -0.15) is 4.31 Å². The molecule has 1 fully saturated rings. The summed E-state index contributed by atoms with van der Waals surface area (Å²) in [7, 11) is -3.62. The van der Waals surface area contributed by atoms with E-state index in [1.54, 1.807) is 5.38 Å². The highest BCUT2D eigenvalue weighted by molar-refractivity contribution is 7.89. The van der Waals surface area contributed by atoms with Crippen LogP contribution in [-0.2, 0) is 16.4 Å². The molecule has 0 unspecified atom stereocenters. The number of thiophene rings is 1. The lowest BCUT2D eigenvalue weighted by Crippen LogP contribution is -2.36. The maximum absolute atomic E-state index is 12.9. The van der Waals surface area contributed by atoms with E-state index in [0.29, 0.717) is 18.8 Å². The van der Waals surface area contributed by atoms with Crippen LogP contribution in [0.2, 0.25) is 0 Å². The summed E-state index contributed by atoms with van der Waals surface area (Å²) >= 11 is 1.16. The molecule has 134 valence electrons. The summed E-state index contributed by atoms with van der Waals surface area (Å²) in [6.45, 7) is 3.10. The Morgan fingerprint density at radius 3 is 2.68 bits per heavy atom. The molecule has 1 N–H and O–H groups in total. The van der Waals surface area contributed by atoms with Gasteiger partial charge in [-0.05, 0) is 48.4 Å². The van der Waals surface area contributed by atoms with Gasteiger partial charge in [0.15, 0.2) is 0 Å². The first-order chi connectivity index (χ1) is 12.0. The third kappa shape index (κ3) is 3.94. The summed E-state index contributed by atoms with van der Waals surface area (Å²) in [6, 6.07) is 9.13. The summed E-state index contributed by atoms with van der Waals surface area (Å²) in [5.74, 6) is -0.376. The van der Waals surface area contributed by atoms with Gasteiger partial charge in [-0.3, -0.25) is 4.79 Å². The number of nitrogens with zero attached hydrogens (tertiary/aromatic N) is 1. The zero-order chi connectivity index (χ0) is 17.9. The third-order valence-electron chi connectivity index (χ3n) is 4.36. The molecule has 2 heterocycles. The Kier molecular flexibility index (Phi) is 5.56. The molecule has 2 aromatic rings. The Morgan fingerprint density at radius 2 is 1.96 bits per heavy atom. The number of aryl methyl sites for hydroxylation is 1. The molecule has 1 saturated heterocycles. The van der Waals surface area contributed by atoms with Gasteiger partial charge in [-0.1, -0.05) is 25.5 Å². The second-order valence-electron chi connectivity index (χ2n) is 6.09. The van der Waals surface area contributed by atoms with Crippen molar-refractivity contribution >= 4 is 33.0 Å². The minimum Gasteiger partial charge on any atom is -0.321 e. The maximum atomic E-state index is 12.9. The number of nitrogens with one attached hydrogen (secondary N) is 1. The van der Waals surface area contributed by atoms with Gasteiger partial charge in [0, 0.05) is 18.8 Å². The molecule has 3 rings (SSSR count). The molecular formula is C18H22N2O3S2. The van der Waals surface area contributed by atoms with Crippen LogP contribution >= 0.6 is 11.3 Å². The molecule has 7 heteroatoms. The Labute approximate surface area is 152 Å². The lowest BCUT2D eigenvalue weighted by molar-refractivity contribution is 0.102. The largest absolute Gasteiger partial charge is 0.321 e. The van der Waals surface area contributed by atoms with Gasteiger partial charge in [0.25, 0.3) is 5.91 Å². The summed E-state index contributed by atoms with van der Waals surface area (Å²) < 4.78 is 27.3. The number of piperidine rings is 1. The van der Waals surface area contributed by atoms with Crippen molar-refractivity contribution in [3.05, 3.63) is 46.2 Å². The van der Waals surface area contributed by atoms with Crippen molar-refractivity contribution in [2.45, 2.75) is 37.5 Å². The summed E-state index contributed by atoms with van der Waals surface area (Å²) in [6.07, 6.45) is 3.66. The fourth-order valence-corrected chi connectivity index (χ4v) is 5.78. The van der Waals surface area contributed by atoms with E-state index in [1.165, 1.54) is 10.4 Å². The van der Waals surface area contributed by atoms with Crippen LogP contribution in [0.4, 0.5) is 5.69 Å². The lowest BCUT2D eigenvalue weighted by atomic mass is 10.1. The van der Waals surface area contributed by atoms with E-state index in [2.05, 4.69) is 5.32 Å². The van der Waals surface area contributed by atoms with Crippen molar-refractivity contribution < 1.29 is 13.2 Å². The molecule has 1 aromatic carbocycles. The highest BCUT2D eigenvalue weighted by atomic mass is 32.2. The molecule has 0 bridgehead atoms. The zero-order valence-electron chi connectivity index (χ0n) is 14.2. The van der Waals surface area contributed by atoms with E-state index in [4.69, 9.17) is 0 Å². The van der Waals surface area contributed by atoms with Crippen LogP contribution in [0.1, 0.15) is 41.4 Å². The van der Waals surface area contributed by atoms with E-state index in [1.807, 2.05) is 31.2 Å². The Balaban J connectivity index is 1.84. The van der Waals surface area contributed by atoms with Gasteiger partial charge in [0.05, 0.1) is 0 Å². The fourth-order valence-electron chi connectivity index (χ4n) is 2.97. The Hall–Kier alpha value is -1.70. The normalized spacial score (nSPS) is 15.9. The summed E-state index contributed by atoms with van der Waals surface area (Å²) in [5.41, 5.74) is 1.80. The predicted octanol–water partition coefficient (Wildman–Crippen LogP) is 3.74. The van der Waals surface area contributed by atoms with Gasteiger partial charge < -0.3 is 5.32 Å². The number of carbonyl (C=O) groups excluding carboxylic acids is 1. The minimum atomic E-state index is -3.62. The molecule has 5 nitrogen and oxygen atoms in total. The topological polar surface area (TPSA) is 66.5 Å². The summed E-state index contributed by atoms with van der Waals surface area (Å²) in [4.78, 5) is 13.0. The molecule has 1 amide bonds. The maximum Gasteiger partial charge on any atom is 0.267 e. The average Bonchev–Trinajstić information content (AvgIpc) is 3.13. The minimum absolute atomic E-state index is 0.114. The van der Waals surface area contributed by atoms with Gasteiger partial charge in [-0.15, -0.1) is 11.3 Å². The third-order valence-corrected chi connectivity index (χ3v) is 7.34. The Morgan fingerprint density at radius 1 is 1.20 bits per heavy atom. The van der Waals surface area contributed by atoms with Crippen LogP contribution in [0.5, 0.6) is 0 Å².